The Hall–Kier alpha value is -2.51. The maximum atomic E-state index is 12.3. The van der Waals surface area contributed by atoms with Crippen LogP contribution in [0.25, 0.3) is 11.3 Å². The summed E-state index contributed by atoms with van der Waals surface area (Å²) in [6.45, 7) is 3.45. The normalized spacial score (nSPS) is 10.5. The first-order valence-corrected chi connectivity index (χ1v) is 9.91. The van der Waals surface area contributed by atoms with Gasteiger partial charge in [0, 0.05) is 27.5 Å². The predicted octanol–water partition coefficient (Wildman–Crippen LogP) is 5.02. The number of carbonyl (C=O) groups excluding carboxylic acids is 2. The third kappa shape index (κ3) is 5.24. The highest BCUT2D eigenvalue weighted by molar-refractivity contribution is 9.10. The lowest BCUT2D eigenvalue weighted by molar-refractivity contribution is -0.116. The molecule has 0 bridgehead atoms. The number of amides is 2. The number of rotatable bonds is 5. The summed E-state index contributed by atoms with van der Waals surface area (Å²) in [6, 6.07) is 15.1. The van der Waals surface area contributed by atoms with E-state index >= 15 is 0 Å². The molecule has 27 heavy (non-hydrogen) atoms. The van der Waals surface area contributed by atoms with Gasteiger partial charge in [0.15, 0.2) is 5.13 Å². The van der Waals surface area contributed by atoms with Crippen LogP contribution in [-0.4, -0.2) is 16.8 Å². The average molecular weight is 444 g/mol. The number of benzene rings is 2. The standard InChI is InChI=1S/C20H18BrN3O2S/c1-12-19(15-5-7-16(21)8-6-15)24-20(27-12)23-18(26)11-14-3-9-17(10-4-14)22-13(2)25/h3-10H,11H2,1-2H3,(H,22,25)(H,23,24,26). The molecule has 2 aromatic carbocycles. The molecule has 5 nitrogen and oxygen atoms in total. The van der Waals surface area contributed by atoms with Gasteiger partial charge in [0.25, 0.3) is 0 Å². The summed E-state index contributed by atoms with van der Waals surface area (Å²) in [6.07, 6.45) is 0.243. The second kappa shape index (κ2) is 8.45. The molecule has 0 aliphatic rings. The fourth-order valence-electron chi connectivity index (χ4n) is 2.58. The lowest BCUT2D eigenvalue weighted by Gasteiger charge is -2.05. The van der Waals surface area contributed by atoms with Crippen LogP contribution in [0, 0.1) is 6.92 Å². The quantitative estimate of drug-likeness (QED) is 0.581. The van der Waals surface area contributed by atoms with Crippen LogP contribution >= 0.6 is 27.3 Å². The van der Waals surface area contributed by atoms with Crippen molar-refractivity contribution >= 4 is 49.9 Å². The van der Waals surface area contributed by atoms with Gasteiger partial charge in [-0.3, -0.25) is 9.59 Å². The van der Waals surface area contributed by atoms with Crippen molar-refractivity contribution in [3.63, 3.8) is 0 Å². The Bertz CT molecular complexity index is 966. The zero-order valence-electron chi connectivity index (χ0n) is 14.9. The van der Waals surface area contributed by atoms with E-state index in [0.717, 1.165) is 26.2 Å². The number of hydrogen-bond donors (Lipinski definition) is 2. The zero-order valence-corrected chi connectivity index (χ0v) is 17.3. The van der Waals surface area contributed by atoms with E-state index in [1.807, 2.05) is 43.3 Å². The molecule has 3 rings (SSSR count). The molecule has 0 aliphatic heterocycles. The SMILES string of the molecule is CC(=O)Nc1ccc(CC(=O)Nc2nc(-c3ccc(Br)cc3)c(C)s2)cc1. The van der Waals surface area contributed by atoms with Crippen LogP contribution in [0.3, 0.4) is 0 Å². The molecule has 1 aromatic heterocycles. The molecule has 2 amide bonds. The van der Waals surface area contributed by atoms with Crippen LogP contribution in [0.1, 0.15) is 17.4 Å². The molecule has 7 heteroatoms. The van der Waals surface area contributed by atoms with Crippen molar-refractivity contribution in [1.82, 2.24) is 4.98 Å². The Morgan fingerprint density at radius 2 is 1.70 bits per heavy atom. The van der Waals surface area contributed by atoms with Gasteiger partial charge in [-0.15, -0.1) is 11.3 Å². The van der Waals surface area contributed by atoms with Crippen LogP contribution in [0.2, 0.25) is 0 Å². The number of anilines is 2. The van der Waals surface area contributed by atoms with Crippen molar-refractivity contribution in [2.45, 2.75) is 20.3 Å². The fourth-order valence-corrected chi connectivity index (χ4v) is 3.70. The number of nitrogens with one attached hydrogen (secondary N) is 2. The monoisotopic (exact) mass is 443 g/mol. The number of aryl methyl sites for hydroxylation is 1. The molecular weight excluding hydrogens is 426 g/mol. The fraction of sp³-hybridized carbons (Fsp3) is 0.150. The number of carbonyl (C=O) groups is 2. The first kappa shape index (κ1) is 19.3. The van der Waals surface area contributed by atoms with Crippen LogP contribution in [0.5, 0.6) is 0 Å². The van der Waals surface area contributed by atoms with Gasteiger partial charge in [0.05, 0.1) is 12.1 Å². The smallest absolute Gasteiger partial charge is 0.230 e. The summed E-state index contributed by atoms with van der Waals surface area (Å²) in [5.74, 6) is -0.250. The van der Waals surface area contributed by atoms with Gasteiger partial charge < -0.3 is 10.6 Å². The largest absolute Gasteiger partial charge is 0.326 e. The summed E-state index contributed by atoms with van der Waals surface area (Å²) in [5.41, 5.74) is 3.47. The van der Waals surface area contributed by atoms with Crippen molar-refractivity contribution in [3.05, 3.63) is 63.4 Å². The van der Waals surface area contributed by atoms with Crippen LogP contribution < -0.4 is 10.6 Å². The van der Waals surface area contributed by atoms with E-state index < -0.39 is 0 Å². The van der Waals surface area contributed by atoms with E-state index in [9.17, 15) is 9.59 Å². The molecule has 0 radical (unpaired) electrons. The lowest BCUT2D eigenvalue weighted by atomic mass is 10.1. The van der Waals surface area contributed by atoms with E-state index in [1.54, 1.807) is 12.1 Å². The Morgan fingerprint density at radius 3 is 2.33 bits per heavy atom. The molecule has 0 unspecified atom stereocenters. The highest BCUT2D eigenvalue weighted by Gasteiger charge is 2.12. The third-order valence-corrected chi connectivity index (χ3v) is 5.21. The van der Waals surface area contributed by atoms with E-state index in [-0.39, 0.29) is 18.2 Å². The molecule has 0 spiro atoms. The molecule has 0 fully saturated rings. The molecule has 1 heterocycles. The minimum Gasteiger partial charge on any atom is -0.326 e. The van der Waals surface area contributed by atoms with Crippen molar-refractivity contribution in [1.29, 1.82) is 0 Å². The Labute approximate surface area is 170 Å². The summed E-state index contributed by atoms with van der Waals surface area (Å²) in [4.78, 5) is 29.0. The molecule has 0 saturated heterocycles. The lowest BCUT2D eigenvalue weighted by Crippen LogP contribution is -2.14. The minimum atomic E-state index is -0.126. The molecule has 0 saturated carbocycles. The van der Waals surface area contributed by atoms with Crippen molar-refractivity contribution in [2.75, 3.05) is 10.6 Å². The summed E-state index contributed by atoms with van der Waals surface area (Å²) < 4.78 is 1.01. The molecule has 0 atom stereocenters. The van der Waals surface area contributed by atoms with E-state index in [4.69, 9.17) is 0 Å². The van der Waals surface area contributed by atoms with Gasteiger partial charge in [0.2, 0.25) is 11.8 Å². The molecular formula is C20H18BrN3O2S. The highest BCUT2D eigenvalue weighted by atomic mass is 79.9. The van der Waals surface area contributed by atoms with Gasteiger partial charge in [-0.2, -0.15) is 0 Å². The zero-order chi connectivity index (χ0) is 19.4. The Morgan fingerprint density at radius 1 is 1.04 bits per heavy atom. The van der Waals surface area contributed by atoms with Crippen LogP contribution in [0.4, 0.5) is 10.8 Å². The summed E-state index contributed by atoms with van der Waals surface area (Å²) in [7, 11) is 0. The van der Waals surface area contributed by atoms with Gasteiger partial charge in [-0.25, -0.2) is 4.98 Å². The maximum Gasteiger partial charge on any atom is 0.230 e. The number of thiazole rings is 1. The van der Waals surface area contributed by atoms with Crippen molar-refractivity contribution in [3.8, 4) is 11.3 Å². The number of hydrogen-bond acceptors (Lipinski definition) is 4. The Balaban J connectivity index is 1.65. The maximum absolute atomic E-state index is 12.3. The van der Waals surface area contributed by atoms with E-state index in [1.165, 1.54) is 18.3 Å². The summed E-state index contributed by atoms with van der Waals surface area (Å²) in [5, 5.41) is 6.16. The average Bonchev–Trinajstić information content (AvgIpc) is 2.97. The molecule has 3 aromatic rings. The third-order valence-electron chi connectivity index (χ3n) is 3.80. The number of nitrogens with zero attached hydrogens (tertiary/aromatic N) is 1. The number of aromatic nitrogens is 1. The van der Waals surface area contributed by atoms with Gasteiger partial charge in [-0.1, -0.05) is 40.2 Å². The molecule has 0 aliphatic carbocycles. The summed E-state index contributed by atoms with van der Waals surface area (Å²) >= 11 is 4.89. The second-order valence-electron chi connectivity index (χ2n) is 6.03. The van der Waals surface area contributed by atoms with Crippen molar-refractivity contribution in [2.24, 2.45) is 0 Å². The van der Waals surface area contributed by atoms with Crippen molar-refractivity contribution < 1.29 is 9.59 Å². The first-order chi connectivity index (χ1) is 12.9. The van der Waals surface area contributed by atoms with Crippen LogP contribution in [-0.2, 0) is 16.0 Å². The minimum absolute atomic E-state index is 0.124. The topological polar surface area (TPSA) is 71.1 Å². The van der Waals surface area contributed by atoms with E-state index in [0.29, 0.717) is 10.8 Å². The van der Waals surface area contributed by atoms with Gasteiger partial charge >= 0.3 is 0 Å². The van der Waals surface area contributed by atoms with Gasteiger partial charge in [-0.05, 0) is 36.8 Å². The van der Waals surface area contributed by atoms with Crippen LogP contribution in [0.15, 0.2) is 53.0 Å². The molecule has 138 valence electrons. The van der Waals surface area contributed by atoms with E-state index in [2.05, 4.69) is 31.5 Å². The molecule has 2 N–H and O–H groups in total. The second-order valence-corrected chi connectivity index (χ2v) is 8.15. The Kier molecular flexibility index (Phi) is 6.03. The first-order valence-electron chi connectivity index (χ1n) is 8.30. The highest BCUT2D eigenvalue weighted by Crippen LogP contribution is 2.31. The van der Waals surface area contributed by atoms with Gasteiger partial charge in [0.1, 0.15) is 0 Å². The predicted molar refractivity (Wildman–Crippen MR) is 113 cm³/mol. The number of halogens is 1.